The van der Waals surface area contributed by atoms with Crippen LogP contribution in [0.1, 0.15) is 54.7 Å². The molecule has 0 aliphatic carbocycles. The van der Waals surface area contributed by atoms with Crippen molar-refractivity contribution in [3.05, 3.63) is 82.9 Å². The molecule has 0 radical (unpaired) electrons. The van der Waals surface area contributed by atoms with Gasteiger partial charge in [0.15, 0.2) is 0 Å². The fourth-order valence-electron chi connectivity index (χ4n) is 6.02. The Kier molecular flexibility index (Phi) is 6.39. The molecule has 6 heteroatoms. The Hall–Kier alpha value is -3.51. The Balaban J connectivity index is 1.84. The summed E-state index contributed by atoms with van der Waals surface area (Å²) in [6, 6.07) is 20.8. The van der Waals surface area contributed by atoms with Crippen molar-refractivity contribution in [2.75, 3.05) is 49.1 Å². The Morgan fingerprint density at radius 3 is 2.06 bits per heavy atom. The van der Waals surface area contributed by atoms with Gasteiger partial charge in [-0.05, 0) is 58.0 Å². The van der Waals surface area contributed by atoms with Crippen LogP contribution in [0.5, 0.6) is 11.5 Å². The molecule has 2 aliphatic rings. The summed E-state index contributed by atoms with van der Waals surface area (Å²) in [5, 5.41) is 0. The normalized spacial score (nSPS) is 17.5. The lowest BCUT2D eigenvalue weighted by molar-refractivity contribution is 0.0673. The topological polar surface area (TPSA) is 62.0 Å². The SMILES string of the molecule is CCN(CC)c1ccc2c(c1)Oc1ccccc1C21c2cc(N(CC)CC)ccc2C(=O)N1CCN. The van der Waals surface area contributed by atoms with Crippen LogP contribution in [-0.4, -0.2) is 50.1 Å². The third kappa shape index (κ3) is 3.39. The maximum Gasteiger partial charge on any atom is 0.255 e. The molecule has 2 heterocycles. The monoisotopic (exact) mass is 484 g/mol. The first-order valence-electron chi connectivity index (χ1n) is 13.1. The van der Waals surface area contributed by atoms with E-state index in [1.807, 2.05) is 29.2 Å². The van der Waals surface area contributed by atoms with Crippen molar-refractivity contribution in [1.82, 2.24) is 4.90 Å². The first kappa shape index (κ1) is 24.2. The fraction of sp³-hybridized carbons (Fsp3) is 0.367. The number of ether oxygens (including phenoxy) is 1. The van der Waals surface area contributed by atoms with Gasteiger partial charge in [0.05, 0.1) is 0 Å². The summed E-state index contributed by atoms with van der Waals surface area (Å²) in [6.45, 7) is 13.1. The maximum absolute atomic E-state index is 14.0. The molecule has 1 unspecified atom stereocenters. The molecule has 36 heavy (non-hydrogen) atoms. The molecule has 1 amide bonds. The van der Waals surface area contributed by atoms with Gasteiger partial charge >= 0.3 is 0 Å². The molecule has 0 saturated carbocycles. The first-order valence-corrected chi connectivity index (χ1v) is 13.1. The Morgan fingerprint density at radius 1 is 0.778 bits per heavy atom. The minimum Gasteiger partial charge on any atom is -0.456 e. The van der Waals surface area contributed by atoms with Gasteiger partial charge in [0, 0.05) is 79.0 Å². The highest BCUT2D eigenvalue weighted by Gasteiger charge is 2.56. The van der Waals surface area contributed by atoms with Crippen LogP contribution in [0.25, 0.3) is 0 Å². The highest BCUT2D eigenvalue weighted by Crippen LogP contribution is 2.58. The van der Waals surface area contributed by atoms with Gasteiger partial charge in [0.1, 0.15) is 17.0 Å². The van der Waals surface area contributed by atoms with Crippen LogP contribution in [0, 0.1) is 0 Å². The number of nitrogens with two attached hydrogens (primary N) is 1. The standard InChI is InChI=1S/C30H36N4O2/c1-5-32(6-2)21-13-15-23-26(19-21)30(34(18-17-31)29(23)35)24-11-9-10-12-27(24)36-28-20-22(14-16-25(28)30)33(7-3)8-4/h9-16,19-20H,5-8,17-18,31H2,1-4H3. The minimum atomic E-state index is -0.805. The molecule has 1 atom stereocenters. The fourth-order valence-corrected chi connectivity index (χ4v) is 6.02. The smallest absolute Gasteiger partial charge is 0.255 e. The van der Waals surface area contributed by atoms with Crippen molar-refractivity contribution in [1.29, 1.82) is 0 Å². The van der Waals surface area contributed by atoms with E-state index in [-0.39, 0.29) is 5.91 Å². The van der Waals surface area contributed by atoms with Gasteiger partial charge in [-0.1, -0.05) is 24.3 Å². The summed E-state index contributed by atoms with van der Waals surface area (Å²) in [5.74, 6) is 1.57. The molecule has 3 aromatic rings. The summed E-state index contributed by atoms with van der Waals surface area (Å²) in [4.78, 5) is 20.6. The van der Waals surface area contributed by atoms with Crippen LogP contribution in [0.2, 0.25) is 0 Å². The van der Waals surface area contributed by atoms with Crippen molar-refractivity contribution in [2.45, 2.75) is 33.2 Å². The van der Waals surface area contributed by atoms with Crippen LogP contribution in [0.3, 0.4) is 0 Å². The molecule has 2 N–H and O–H groups in total. The van der Waals surface area contributed by atoms with E-state index in [1.54, 1.807) is 0 Å². The predicted octanol–water partition coefficient (Wildman–Crippen LogP) is 5.19. The highest BCUT2D eigenvalue weighted by atomic mass is 16.5. The van der Waals surface area contributed by atoms with Crippen LogP contribution in [0.15, 0.2) is 60.7 Å². The molecular formula is C30H36N4O2. The number of rotatable bonds is 8. The van der Waals surface area contributed by atoms with Crippen molar-refractivity contribution in [3.8, 4) is 11.5 Å². The molecule has 1 spiro atoms. The molecule has 0 saturated heterocycles. The van der Waals surface area contributed by atoms with Crippen LogP contribution >= 0.6 is 0 Å². The second kappa shape index (κ2) is 9.51. The van der Waals surface area contributed by atoms with Gasteiger partial charge in [-0.2, -0.15) is 0 Å². The number of fused-ring (bicyclic) bond motifs is 6. The zero-order chi connectivity index (χ0) is 25.4. The van der Waals surface area contributed by atoms with Gasteiger partial charge in [-0.3, -0.25) is 4.79 Å². The molecule has 6 nitrogen and oxygen atoms in total. The van der Waals surface area contributed by atoms with E-state index in [2.05, 4.69) is 73.9 Å². The second-order valence-corrected chi connectivity index (χ2v) is 9.31. The molecule has 0 fully saturated rings. The molecule has 2 aliphatic heterocycles. The van der Waals surface area contributed by atoms with Gasteiger partial charge < -0.3 is 25.2 Å². The maximum atomic E-state index is 14.0. The van der Waals surface area contributed by atoms with E-state index in [0.29, 0.717) is 13.1 Å². The van der Waals surface area contributed by atoms with Crippen molar-refractivity contribution in [2.24, 2.45) is 5.73 Å². The molecule has 5 rings (SSSR count). The number of amides is 1. The largest absolute Gasteiger partial charge is 0.456 e. The average Bonchev–Trinajstić information content (AvgIpc) is 3.14. The summed E-state index contributed by atoms with van der Waals surface area (Å²) < 4.78 is 6.53. The van der Waals surface area contributed by atoms with Crippen molar-refractivity contribution < 1.29 is 9.53 Å². The van der Waals surface area contributed by atoms with Gasteiger partial charge in [-0.15, -0.1) is 0 Å². The highest BCUT2D eigenvalue weighted by molar-refractivity contribution is 6.03. The number of anilines is 2. The molecule has 188 valence electrons. The van der Waals surface area contributed by atoms with Gasteiger partial charge in [0.2, 0.25) is 0 Å². The van der Waals surface area contributed by atoms with E-state index in [1.165, 1.54) is 0 Å². The predicted molar refractivity (Wildman–Crippen MR) is 146 cm³/mol. The lowest BCUT2D eigenvalue weighted by Gasteiger charge is -2.44. The van der Waals surface area contributed by atoms with Crippen LogP contribution in [0.4, 0.5) is 11.4 Å². The number of para-hydroxylation sites is 1. The van der Waals surface area contributed by atoms with Crippen molar-refractivity contribution in [3.63, 3.8) is 0 Å². The summed E-state index contributed by atoms with van der Waals surface area (Å²) in [5.41, 5.74) is 11.2. The first-order chi connectivity index (χ1) is 17.5. The van der Waals surface area contributed by atoms with E-state index in [9.17, 15) is 4.79 Å². The number of hydrogen-bond acceptors (Lipinski definition) is 5. The van der Waals surface area contributed by atoms with Crippen molar-refractivity contribution >= 4 is 17.3 Å². The number of carbonyl (C=O) groups is 1. The summed E-state index contributed by atoms with van der Waals surface area (Å²) >= 11 is 0. The molecular weight excluding hydrogens is 448 g/mol. The van der Waals surface area contributed by atoms with Crippen LogP contribution < -0.4 is 20.3 Å². The zero-order valence-electron chi connectivity index (χ0n) is 21.8. The Labute approximate surface area is 214 Å². The average molecular weight is 485 g/mol. The second-order valence-electron chi connectivity index (χ2n) is 9.31. The van der Waals surface area contributed by atoms with E-state index in [0.717, 1.165) is 71.3 Å². The third-order valence-electron chi connectivity index (χ3n) is 7.74. The van der Waals surface area contributed by atoms with Gasteiger partial charge in [-0.25, -0.2) is 0 Å². The van der Waals surface area contributed by atoms with E-state index >= 15 is 0 Å². The van der Waals surface area contributed by atoms with E-state index < -0.39 is 5.54 Å². The Bertz CT molecular complexity index is 1280. The Morgan fingerprint density at radius 2 is 1.39 bits per heavy atom. The number of carbonyl (C=O) groups excluding carboxylic acids is 1. The minimum absolute atomic E-state index is 0.0111. The lowest BCUT2D eigenvalue weighted by atomic mass is 9.74. The van der Waals surface area contributed by atoms with Gasteiger partial charge in [0.25, 0.3) is 5.91 Å². The van der Waals surface area contributed by atoms with E-state index in [4.69, 9.17) is 10.5 Å². The lowest BCUT2D eigenvalue weighted by Crippen LogP contribution is -2.49. The molecule has 0 aromatic heterocycles. The van der Waals surface area contributed by atoms with Crippen LogP contribution in [-0.2, 0) is 5.54 Å². The summed E-state index contributed by atoms with van der Waals surface area (Å²) in [7, 11) is 0. The molecule has 0 bridgehead atoms. The quantitative estimate of drug-likeness (QED) is 0.477. The number of benzene rings is 3. The molecule has 3 aromatic carbocycles. The third-order valence-corrected chi connectivity index (χ3v) is 7.74. The zero-order valence-corrected chi connectivity index (χ0v) is 21.8. The number of hydrogen-bond donors (Lipinski definition) is 1. The summed E-state index contributed by atoms with van der Waals surface area (Å²) in [6.07, 6.45) is 0. The number of nitrogens with zero attached hydrogens (tertiary/aromatic N) is 3.